The molecule has 0 aliphatic carbocycles. The van der Waals surface area contributed by atoms with Crippen molar-refractivity contribution in [1.29, 1.82) is 0 Å². The number of hydrogen-bond acceptors (Lipinski definition) is 5. The molecule has 0 spiro atoms. The number of nitrogens with zero attached hydrogens (tertiary/aromatic N) is 1. The van der Waals surface area contributed by atoms with Crippen LogP contribution >= 0.6 is 0 Å². The van der Waals surface area contributed by atoms with Crippen molar-refractivity contribution in [3.8, 4) is 17.2 Å². The number of hydrogen-bond donors (Lipinski definition) is 2. The second-order valence-corrected chi connectivity index (χ2v) is 7.63. The Kier molecular flexibility index (Phi) is 6.23. The van der Waals surface area contributed by atoms with Gasteiger partial charge in [0, 0.05) is 23.7 Å². The van der Waals surface area contributed by atoms with Crippen molar-refractivity contribution in [1.82, 2.24) is 5.32 Å². The summed E-state index contributed by atoms with van der Waals surface area (Å²) in [5.74, 6) is 1.63. The van der Waals surface area contributed by atoms with Gasteiger partial charge in [-0.2, -0.15) is 0 Å². The topological polar surface area (TPSA) is 63.1 Å². The normalized spacial score (nSPS) is 18.4. The fourth-order valence-corrected chi connectivity index (χ4v) is 3.99. The van der Waals surface area contributed by atoms with Gasteiger partial charge in [0.25, 0.3) is 0 Å². The highest BCUT2D eigenvalue weighted by Crippen LogP contribution is 2.36. The molecule has 3 aromatic carbocycles. The smallest absolute Gasteiger partial charge is 0.161 e. The Morgan fingerprint density at radius 3 is 2.39 bits per heavy atom. The van der Waals surface area contributed by atoms with Gasteiger partial charge in [-0.1, -0.05) is 55.5 Å². The average molecular weight is 417 g/mol. The largest absolute Gasteiger partial charge is 0.508 e. The van der Waals surface area contributed by atoms with Gasteiger partial charge in [0.1, 0.15) is 11.9 Å². The highest BCUT2D eigenvalue weighted by Gasteiger charge is 2.28. The van der Waals surface area contributed by atoms with Gasteiger partial charge in [0.05, 0.1) is 14.2 Å². The van der Waals surface area contributed by atoms with Crippen LogP contribution in [0.3, 0.4) is 0 Å². The van der Waals surface area contributed by atoms with Crippen molar-refractivity contribution in [2.75, 3.05) is 14.2 Å². The van der Waals surface area contributed by atoms with Gasteiger partial charge < -0.3 is 14.6 Å². The van der Waals surface area contributed by atoms with Gasteiger partial charge in [-0.05, 0) is 41.3 Å². The van der Waals surface area contributed by atoms with E-state index in [0.717, 1.165) is 28.8 Å². The van der Waals surface area contributed by atoms with E-state index in [4.69, 9.17) is 14.5 Å². The van der Waals surface area contributed by atoms with E-state index in [0.29, 0.717) is 17.9 Å². The van der Waals surface area contributed by atoms with E-state index < -0.39 is 0 Å². The minimum absolute atomic E-state index is 0.0716. The van der Waals surface area contributed by atoms with E-state index in [1.807, 2.05) is 36.4 Å². The molecule has 4 rings (SSSR count). The van der Waals surface area contributed by atoms with Crippen LogP contribution in [0, 0.1) is 0 Å². The van der Waals surface area contributed by atoms with Gasteiger partial charge in [-0.3, -0.25) is 10.3 Å². The Bertz CT molecular complexity index is 1080. The molecule has 3 aromatic rings. The zero-order chi connectivity index (χ0) is 21.8. The van der Waals surface area contributed by atoms with Gasteiger partial charge in [-0.25, -0.2) is 0 Å². The average Bonchev–Trinajstić information content (AvgIpc) is 2.83. The molecule has 2 unspecified atom stereocenters. The number of rotatable bonds is 6. The molecule has 1 heterocycles. The molecular formula is C26H28N2O3. The third kappa shape index (κ3) is 4.42. The van der Waals surface area contributed by atoms with E-state index in [1.54, 1.807) is 20.3 Å². The molecule has 0 amide bonds. The molecule has 0 saturated carbocycles. The molecule has 0 aromatic heterocycles. The number of ether oxygens (including phenoxy) is 2. The molecule has 0 saturated heterocycles. The molecule has 0 fully saturated rings. The Labute approximate surface area is 183 Å². The zero-order valence-corrected chi connectivity index (χ0v) is 18.1. The SMILES string of the molecule is CCc1ccc(C2=NC(c3ccc(OC)c(OC)c3)NC(c3ccccc3O)C2)cc1. The van der Waals surface area contributed by atoms with Crippen LogP contribution < -0.4 is 14.8 Å². The maximum absolute atomic E-state index is 10.5. The lowest BCUT2D eigenvalue weighted by atomic mass is 9.93. The Morgan fingerprint density at radius 1 is 0.968 bits per heavy atom. The molecule has 31 heavy (non-hydrogen) atoms. The van der Waals surface area contributed by atoms with Crippen LogP contribution in [0.1, 0.15) is 47.8 Å². The summed E-state index contributed by atoms with van der Waals surface area (Å²) in [6, 6.07) is 21.8. The summed E-state index contributed by atoms with van der Waals surface area (Å²) in [4.78, 5) is 5.04. The molecule has 2 atom stereocenters. The monoisotopic (exact) mass is 416 g/mol. The summed E-state index contributed by atoms with van der Waals surface area (Å²) in [6.45, 7) is 2.15. The number of aliphatic imine (C=N–C) groups is 1. The number of methoxy groups -OCH3 is 2. The predicted octanol–water partition coefficient (Wildman–Crippen LogP) is 5.19. The minimum Gasteiger partial charge on any atom is -0.508 e. The number of phenolic OH excluding ortho intramolecular Hbond substituents is 1. The minimum atomic E-state index is -0.279. The Hall–Kier alpha value is -3.31. The van der Waals surface area contributed by atoms with Crippen molar-refractivity contribution in [2.45, 2.75) is 32.0 Å². The number of aromatic hydroxyl groups is 1. The molecular weight excluding hydrogens is 388 g/mol. The summed E-state index contributed by atoms with van der Waals surface area (Å²) < 4.78 is 10.9. The molecule has 5 nitrogen and oxygen atoms in total. The molecule has 0 radical (unpaired) electrons. The van der Waals surface area contributed by atoms with Crippen LogP contribution in [0.5, 0.6) is 17.2 Å². The maximum Gasteiger partial charge on any atom is 0.161 e. The number of benzene rings is 3. The number of para-hydroxylation sites is 1. The van der Waals surface area contributed by atoms with Crippen LogP contribution in [0.4, 0.5) is 0 Å². The fraction of sp³-hybridized carbons (Fsp3) is 0.269. The molecule has 160 valence electrons. The standard InChI is InChI=1S/C26H28N2O3/c1-4-17-9-11-18(12-10-17)21-16-22(20-7-5-6-8-23(20)29)28-26(27-21)19-13-14-24(30-2)25(15-19)31-3/h5-15,22,26,28-29H,4,16H2,1-3H3. The van der Waals surface area contributed by atoms with Crippen LogP contribution in [0.2, 0.25) is 0 Å². The summed E-state index contributed by atoms with van der Waals surface area (Å²) in [6.07, 6.45) is 1.41. The maximum atomic E-state index is 10.5. The third-order valence-corrected chi connectivity index (χ3v) is 5.77. The second-order valence-electron chi connectivity index (χ2n) is 7.63. The van der Waals surface area contributed by atoms with Crippen LogP contribution in [0.15, 0.2) is 71.7 Å². The fourth-order valence-electron chi connectivity index (χ4n) is 3.99. The Morgan fingerprint density at radius 2 is 1.71 bits per heavy atom. The Balaban J connectivity index is 1.75. The molecule has 2 N–H and O–H groups in total. The van der Waals surface area contributed by atoms with Crippen LogP contribution in [-0.4, -0.2) is 25.0 Å². The lowest BCUT2D eigenvalue weighted by molar-refractivity contribution is 0.353. The zero-order valence-electron chi connectivity index (χ0n) is 18.1. The van der Waals surface area contributed by atoms with Gasteiger partial charge in [0.2, 0.25) is 0 Å². The van der Waals surface area contributed by atoms with E-state index in [-0.39, 0.29) is 18.0 Å². The van der Waals surface area contributed by atoms with Crippen molar-refractivity contribution in [3.63, 3.8) is 0 Å². The summed E-state index contributed by atoms with van der Waals surface area (Å²) in [5, 5.41) is 14.1. The van der Waals surface area contributed by atoms with Crippen LogP contribution in [-0.2, 0) is 6.42 Å². The molecule has 0 bridgehead atoms. The third-order valence-electron chi connectivity index (χ3n) is 5.77. The van der Waals surface area contributed by atoms with Crippen molar-refractivity contribution >= 4 is 5.71 Å². The van der Waals surface area contributed by atoms with Crippen molar-refractivity contribution in [3.05, 3.63) is 89.0 Å². The van der Waals surface area contributed by atoms with E-state index in [2.05, 4.69) is 36.5 Å². The first-order valence-corrected chi connectivity index (χ1v) is 10.5. The van der Waals surface area contributed by atoms with E-state index in [1.165, 1.54) is 5.56 Å². The molecule has 5 heteroatoms. The highest BCUT2D eigenvalue weighted by molar-refractivity contribution is 6.01. The molecule has 1 aliphatic heterocycles. The molecule has 1 aliphatic rings. The second kappa shape index (κ2) is 9.23. The highest BCUT2D eigenvalue weighted by atomic mass is 16.5. The van der Waals surface area contributed by atoms with Crippen molar-refractivity contribution < 1.29 is 14.6 Å². The lowest BCUT2D eigenvalue weighted by Gasteiger charge is -2.31. The van der Waals surface area contributed by atoms with E-state index in [9.17, 15) is 5.11 Å². The first kappa shape index (κ1) is 20.9. The van der Waals surface area contributed by atoms with Crippen LogP contribution in [0.25, 0.3) is 0 Å². The number of nitrogens with one attached hydrogen (secondary N) is 1. The first-order chi connectivity index (χ1) is 15.1. The number of phenols is 1. The van der Waals surface area contributed by atoms with E-state index >= 15 is 0 Å². The number of aryl methyl sites for hydroxylation is 1. The van der Waals surface area contributed by atoms with Gasteiger partial charge in [0.15, 0.2) is 11.5 Å². The summed E-state index contributed by atoms with van der Waals surface area (Å²) in [7, 11) is 3.26. The first-order valence-electron chi connectivity index (χ1n) is 10.5. The summed E-state index contributed by atoms with van der Waals surface area (Å²) in [5.41, 5.74) is 5.25. The predicted molar refractivity (Wildman–Crippen MR) is 123 cm³/mol. The quantitative estimate of drug-likeness (QED) is 0.580. The lowest BCUT2D eigenvalue weighted by Crippen LogP contribution is -2.33. The van der Waals surface area contributed by atoms with Gasteiger partial charge in [-0.15, -0.1) is 0 Å². The summed E-state index contributed by atoms with van der Waals surface area (Å²) >= 11 is 0. The van der Waals surface area contributed by atoms with Gasteiger partial charge >= 0.3 is 0 Å². The van der Waals surface area contributed by atoms with Crippen molar-refractivity contribution in [2.24, 2.45) is 4.99 Å².